The molecule has 20 heavy (non-hydrogen) atoms. The van der Waals surface area contributed by atoms with E-state index in [2.05, 4.69) is 10.3 Å². The van der Waals surface area contributed by atoms with Gasteiger partial charge in [0.25, 0.3) is 5.91 Å². The Hall–Kier alpha value is -1.85. The molecule has 1 amide bonds. The fourth-order valence-electron chi connectivity index (χ4n) is 2.14. The molecule has 0 bridgehead atoms. The average Bonchev–Trinajstić information content (AvgIpc) is 2.95. The van der Waals surface area contributed by atoms with E-state index in [0.29, 0.717) is 16.4 Å². The molecule has 0 unspecified atom stereocenters. The topological polar surface area (TPSA) is 46.4 Å². The van der Waals surface area contributed by atoms with Gasteiger partial charge in [-0.25, -0.2) is 4.98 Å². The van der Waals surface area contributed by atoms with Crippen molar-refractivity contribution in [2.75, 3.05) is 5.32 Å². The Morgan fingerprint density at radius 3 is 2.95 bits per heavy atom. The van der Waals surface area contributed by atoms with E-state index in [9.17, 15) is 4.79 Å². The van der Waals surface area contributed by atoms with Crippen molar-refractivity contribution >= 4 is 39.5 Å². The predicted molar refractivity (Wildman–Crippen MR) is 81.9 cm³/mol. The van der Waals surface area contributed by atoms with Gasteiger partial charge in [-0.2, -0.15) is 0 Å². The Morgan fingerprint density at radius 1 is 1.40 bits per heavy atom. The zero-order valence-corrected chi connectivity index (χ0v) is 12.5. The molecule has 2 heterocycles. The van der Waals surface area contributed by atoms with Crippen molar-refractivity contribution in [1.29, 1.82) is 0 Å². The van der Waals surface area contributed by atoms with Gasteiger partial charge in [0.2, 0.25) is 0 Å². The maximum Gasteiger partial charge on any atom is 0.273 e. The van der Waals surface area contributed by atoms with Gasteiger partial charge in [0.15, 0.2) is 4.96 Å². The van der Waals surface area contributed by atoms with Crippen LogP contribution in [0.2, 0.25) is 5.02 Å². The zero-order chi connectivity index (χ0) is 14.3. The molecule has 3 aromatic rings. The van der Waals surface area contributed by atoms with Gasteiger partial charge in [-0.1, -0.05) is 17.7 Å². The molecule has 0 radical (unpaired) electrons. The fourth-order valence-corrected chi connectivity index (χ4v) is 3.34. The third kappa shape index (κ3) is 2.19. The number of aromatic nitrogens is 2. The first-order chi connectivity index (χ1) is 9.56. The lowest BCUT2D eigenvalue weighted by Gasteiger charge is -2.11. The maximum absolute atomic E-state index is 12.4. The molecule has 1 aromatic carbocycles. The number of carbonyl (C=O) groups is 1. The number of rotatable bonds is 2. The molecular weight excluding hydrogens is 294 g/mol. The number of thiazole rings is 1. The molecule has 3 rings (SSSR count). The zero-order valence-electron chi connectivity index (χ0n) is 11.0. The number of benzene rings is 1. The quantitative estimate of drug-likeness (QED) is 0.780. The summed E-state index contributed by atoms with van der Waals surface area (Å²) in [7, 11) is 0. The van der Waals surface area contributed by atoms with E-state index in [-0.39, 0.29) is 5.91 Å². The number of fused-ring (bicyclic) bond motifs is 1. The summed E-state index contributed by atoms with van der Waals surface area (Å²) in [5, 5.41) is 5.21. The Kier molecular flexibility index (Phi) is 3.23. The average molecular weight is 306 g/mol. The number of nitrogens with one attached hydrogen (secondary N) is 1. The highest BCUT2D eigenvalue weighted by Crippen LogP contribution is 2.28. The number of halogens is 1. The molecule has 102 valence electrons. The van der Waals surface area contributed by atoms with Crippen molar-refractivity contribution in [3.63, 3.8) is 0 Å². The van der Waals surface area contributed by atoms with Crippen LogP contribution in [0.25, 0.3) is 4.96 Å². The van der Waals surface area contributed by atoms with Crippen molar-refractivity contribution in [3.05, 3.63) is 51.7 Å². The number of amides is 1. The van der Waals surface area contributed by atoms with E-state index in [1.165, 1.54) is 11.3 Å². The standard InChI is InChI=1S/C14H12ClN3OS/c1-8-5-9(2)12(10(15)6-8)17-13(19)11-7-20-14-16-3-4-18(11)14/h3-7H,1-2H3,(H,17,19). The third-order valence-electron chi connectivity index (χ3n) is 3.05. The lowest BCUT2D eigenvalue weighted by molar-refractivity contribution is 0.102. The summed E-state index contributed by atoms with van der Waals surface area (Å²) < 4.78 is 1.76. The Balaban J connectivity index is 1.96. The molecular formula is C14H12ClN3OS. The van der Waals surface area contributed by atoms with Gasteiger partial charge in [-0.15, -0.1) is 11.3 Å². The van der Waals surface area contributed by atoms with E-state index < -0.39 is 0 Å². The molecule has 0 saturated heterocycles. The van der Waals surface area contributed by atoms with E-state index in [1.807, 2.05) is 26.0 Å². The SMILES string of the molecule is Cc1cc(C)c(NC(=O)c2csc3nccn23)c(Cl)c1. The minimum Gasteiger partial charge on any atom is -0.319 e. The van der Waals surface area contributed by atoms with Crippen LogP contribution in [0.1, 0.15) is 21.6 Å². The first kappa shape index (κ1) is 13.1. The van der Waals surface area contributed by atoms with Crippen molar-refractivity contribution in [2.24, 2.45) is 0 Å². The van der Waals surface area contributed by atoms with Crippen molar-refractivity contribution < 1.29 is 4.79 Å². The molecule has 0 aliphatic carbocycles. The number of carbonyl (C=O) groups excluding carboxylic acids is 1. The number of nitrogens with zero attached hydrogens (tertiary/aromatic N) is 2. The minimum absolute atomic E-state index is 0.192. The molecule has 6 heteroatoms. The van der Waals surface area contributed by atoms with Gasteiger partial charge in [0, 0.05) is 17.8 Å². The van der Waals surface area contributed by atoms with Crippen LogP contribution in [-0.2, 0) is 0 Å². The summed E-state index contributed by atoms with van der Waals surface area (Å²) in [5.74, 6) is -0.192. The lowest BCUT2D eigenvalue weighted by Crippen LogP contribution is -2.15. The van der Waals surface area contributed by atoms with Crippen LogP contribution < -0.4 is 5.32 Å². The second kappa shape index (κ2) is 4.92. The highest BCUT2D eigenvalue weighted by atomic mass is 35.5. The van der Waals surface area contributed by atoms with Crippen LogP contribution in [0.5, 0.6) is 0 Å². The summed E-state index contributed by atoms with van der Waals surface area (Å²) in [4.78, 5) is 17.3. The summed E-state index contributed by atoms with van der Waals surface area (Å²) in [6.45, 7) is 3.90. The Labute approximate surface area is 125 Å². The molecule has 1 N–H and O–H groups in total. The van der Waals surface area contributed by atoms with Crippen LogP contribution >= 0.6 is 22.9 Å². The van der Waals surface area contributed by atoms with Crippen LogP contribution in [0, 0.1) is 13.8 Å². The summed E-state index contributed by atoms with van der Waals surface area (Å²) >= 11 is 7.63. The first-order valence-corrected chi connectivity index (χ1v) is 7.30. The molecule has 0 aliphatic rings. The van der Waals surface area contributed by atoms with Crippen LogP contribution in [-0.4, -0.2) is 15.3 Å². The first-order valence-electron chi connectivity index (χ1n) is 6.05. The normalized spacial score (nSPS) is 10.9. The molecule has 0 spiro atoms. The number of hydrogen-bond acceptors (Lipinski definition) is 3. The fraction of sp³-hybridized carbons (Fsp3) is 0.143. The summed E-state index contributed by atoms with van der Waals surface area (Å²) in [6.07, 6.45) is 3.44. The predicted octanol–water partition coefficient (Wildman–Crippen LogP) is 3.92. The van der Waals surface area contributed by atoms with Gasteiger partial charge in [0.05, 0.1) is 10.7 Å². The van der Waals surface area contributed by atoms with Crippen molar-refractivity contribution in [3.8, 4) is 0 Å². The minimum atomic E-state index is -0.192. The lowest BCUT2D eigenvalue weighted by atomic mass is 10.1. The maximum atomic E-state index is 12.4. The largest absolute Gasteiger partial charge is 0.319 e. The van der Waals surface area contributed by atoms with Gasteiger partial charge < -0.3 is 5.32 Å². The van der Waals surface area contributed by atoms with Crippen molar-refractivity contribution in [2.45, 2.75) is 13.8 Å². The number of aryl methyl sites for hydroxylation is 2. The van der Waals surface area contributed by atoms with Gasteiger partial charge in [0.1, 0.15) is 5.69 Å². The van der Waals surface area contributed by atoms with Crippen LogP contribution in [0.15, 0.2) is 29.9 Å². The summed E-state index contributed by atoms with van der Waals surface area (Å²) in [6, 6.07) is 3.83. The number of anilines is 1. The van der Waals surface area contributed by atoms with Crippen molar-refractivity contribution in [1.82, 2.24) is 9.38 Å². The molecule has 0 aliphatic heterocycles. The summed E-state index contributed by atoms with van der Waals surface area (Å²) in [5.41, 5.74) is 3.22. The van der Waals surface area contributed by atoms with Gasteiger partial charge in [-0.3, -0.25) is 9.20 Å². The third-order valence-corrected chi connectivity index (χ3v) is 4.20. The second-order valence-electron chi connectivity index (χ2n) is 4.59. The number of hydrogen-bond donors (Lipinski definition) is 1. The number of imidazole rings is 1. The second-order valence-corrected chi connectivity index (χ2v) is 5.84. The molecule has 0 fully saturated rings. The van der Waals surface area contributed by atoms with E-state index in [1.54, 1.807) is 22.2 Å². The van der Waals surface area contributed by atoms with E-state index in [4.69, 9.17) is 11.6 Å². The van der Waals surface area contributed by atoms with Gasteiger partial charge >= 0.3 is 0 Å². The smallest absolute Gasteiger partial charge is 0.273 e. The Morgan fingerprint density at radius 2 is 2.20 bits per heavy atom. The van der Waals surface area contributed by atoms with Crippen LogP contribution in [0.3, 0.4) is 0 Å². The van der Waals surface area contributed by atoms with Crippen LogP contribution in [0.4, 0.5) is 5.69 Å². The van der Waals surface area contributed by atoms with Gasteiger partial charge in [-0.05, 0) is 31.0 Å². The highest BCUT2D eigenvalue weighted by Gasteiger charge is 2.15. The van der Waals surface area contributed by atoms with E-state index >= 15 is 0 Å². The molecule has 2 aromatic heterocycles. The monoisotopic (exact) mass is 305 g/mol. The molecule has 0 atom stereocenters. The molecule has 0 saturated carbocycles. The Bertz CT molecular complexity index is 783. The van der Waals surface area contributed by atoms with E-state index in [0.717, 1.165) is 16.1 Å². The highest BCUT2D eigenvalue weighted by molar-refractivity contribution is 7.15. The molecule has 4 nitrogen and oxygen atoms in total.